The average Bonchev–Trinajstić information content (AvgIpc) is 3.11. The molecule has 23 heavy (non-hydrogen) atoms. The SMILES string of the molecule is CSc1cccc(N(C(=O)[C@H]2CCOC2)C2CCN(C)CC2)c1. The van der Waals surface area contributed by atoms with Gasteiger partial charge in [-0.25, -0.2) is 0 Å². The van der Waals surface area contributed by atoms with Crippen LogP contribution in [-0.4, -0.2) is 56.5 Å². The van der Waals surface area contributed by atoms with Crippen LogP contribution in [0.15, 0.2) is 29.2 Å². The van der Waals surface area contributed by atoms with Gasteiger partial charge in [-0.05, 0) is 63.9 Å². The third kappa shape index (κ3) is 3.90. The molecule has 0 N–H and O–H groups in total. The van der Waals surface area contributed by atoms with E-state index in [1.165, 1.54) is 4.90 Å². The van der Waals surface area contributed by atoms with E-state index in [1.807, 2.05) is 0 Å². The number of ether oxygens (including phenoxy) is 1. The van der Waals surface area contributed by atoms with Gasteiger partial charge in [0.25, 0.3) is 0 Å². The van der Waals surface area contributed by atoms with Crippen molar-refractivity contribution in [2.75, 3.05) is 44.5 Å². The maximum atomic E-state index is 13.2. The number of nitrogens with zero attached hydrogens (tertiary/aromatic N) is 2. The molecule has 0 unspecified atom stereocenters. The summed E-state index contributed by atoms with van der Waals surface area (Å²) in [5.74, 6) is 0.267. The van der Waals surface area contributed by atoms with Crippen LogP contribution in [0.1, 0.15) is 19.3 Å². The van der Waals surface area contributed by atoms with Gasteiger partial charge < -0.3 is 14.5 Å². The molecule has 3 rings (SSSR count). The fourth-order valence-corrected chi connectivity index (χ4v) is 3.91. The average molecular weight is 334 g/mol. The molecule has 2 heterocycles. The van der Waals surface area contributed by atoms with Gasteiger partial charge in [0.15, 0.2) is 0 Å². The first-order chi connectivity index (χ1) is 11.2. The summed E-state index contributed by atoms with van der Waals surface area (Å²) in [6, 6.07) is 8.69. The smallest absolute Gasteiger partial charge is 0.232 e. The third-order valence-corrected chi connectivity index (χ3v) is 5.63. The molecule has 126 valence electrons. The molecule has 2 aliphatic rings. The number of benzene rings is 1. The molecule has 0 radical (unpaired) electrons. The molecule has 2 aliphatic heterocycles. The molecule has 0 spiro atoms. The number of hydrogen-bond acceptors (Lipinski definition) is 4. The predicted octanol–water partition coefficient (Wildman–Crippen LogP) is 2.87. The van der Waals surface area contributed by atoms with Gasteiger partial charge in [0.05, 0.1) is 12.5 Å². The van der Waals surface area contributed by atoms with Gasteiger partial charge in [0, 0.05) is 23.2 Å². The Morgan fingerprint density at radius 3 is 2.74 bits per heavy atom. The van der Waals surface area contributed by atoms with Crippen molar-refractivity contribution in [3.05, 3.63) is 24.3 Å². The van der Waals surface area contributed by atoms with Crippen LogP contribution in [0.3, 0.4) is 0 Å². The molecule has 0 bridgehead atoms. The van der Waals surface area contributed by atoms with Gasteiger partial charge in [-0.2, -0.15) is 0 Å². The molecule has 0 aliphatic carbocycles. The molecule has 1 atom stereocenters. The number of hydrogen-bond donors (Lipinski definition) is 0. The molecule has 2 saturated heterocycles. The molecular formula is C18H26N2O2S. The topological polar surface area (TPSA) is 32.8 Å². The van der Waals surface area contributed by atoms with E-state index in [9.17, 15) is 4.79 Å². The highest BCUT2D eigenvalue weighted by Crippen LogP contribution is 2.30. The Balaban J connectivity index is 1.87. The second-order valence-electron chi connectivity index (χ2n) is 6.50. The summed E-state index contributed by atoms with van der Waals surface area (Å²) in [7, 11) is 2.15. The van der Waals surface area contributed by atoms with Crippen LogP contribution >= 0.6 is 11.8 Å². The minimum atomic E-state index is 0.0209. The number of piperidine rings is 1. The zero-order valence-corrected chi connectivity index (χ0v) is 14.8. The van der Waals surface area contributed by atoms with Crippen LogP contribution in [0.4, 0.5) is 5.69 Å². The van der Waals surface area contributed by atoms with Crippen molar-refractivity contribution in [2.45, 2.75) is 30.2 Å². The van der Waals surface area contributed by atoms with Gasteiger partial charge in [-0.15, -0.1) is 11.8 Å². The Hall–Kier alpha value is -1.04. The summed E-state index contributed by atoms with van der Waals surface area (Å²) in [6.45, 7) is 3.39. The minimum Gasteiger partial charge on any atom is -0.381 e. The van der Waals surface area contributed by atoms with Crippen molar-refractivity contribution in [3.63, 3.8) is 0 Å². The van der Waals surface area contributed by atoms with Crippen LogP contribution in [0, 0.1) is 5.92 Å². The summed E-state index contributed by atoms with van der Waals surface area (Å²) < 4.78 is 5.45. The lowest BCUT2D eigenvalue weighted by Crippen LogP contribution is -2.49. The number of likely N-dealkylation sites (tertiary alicyclic amines) is 1. The highest BCUT2D eigenvalue weighted by molar-refractivity contribution is 7.98. The Morgan fingerprint density at radius 2 is 2.09 bits per heavy atom. The molecule has 4 nitrogen and oxygen atoms in total. The number of carbonyl (C=O) groups is 1. The molecule has 1 amide bonds. The second kappa shape index (κ2) is 7.69. The highest BCUT2D eigenvalue weighted by atomic mass is 32.2. The molecule has 1 aromatic carbocycles. The highest BCUT2D eigenvalue weighted by Gasteiger charge is 2.34. The minimum absolute atomic E-state index is 0.0209. The van der Waals surface area contributed by atoms with E-state index in [0.29, 0.717) is 19.3 Å². The summed E-state index contributed by atoms with van der Waals surface area (Å²) in [5.41, 5.74) is 1.04. The van der Waals surface area contributed by atoms with E-state index in [0.717, 1.165) is 38.0 Å². The fourth-order valence-electron chi connectivity index (χ4n) is 3.46. The Kier molecular flexibility index (Phi) is 5.62. The lowest BCUT2D eigenvalue weighted by Gasteiger charge is -2.38. The maximum Gasteiger partial charge on any atom is 0.232 e. The lowest BCUT2D eigenvalue weighted by molar-refractivity contribution is -0.123. The van der Waals surface area contributed by atoms with Crippen LogP contribution in [0.2, 0.25) is 0 Å². The molecule has 0 aromatic heterocycles. The van der Waals surface area contributed by atoms with E-state index in [2.05, 4.69) is 47.4 Å². The summed E-state index contributed by atoms with van der Waals surface area (Å²) in [6.07, 6.45) is 5.01. The van der Waals surface area contributed by atoms with Crippen LogP contribution in [0.5, 0.6) is 0 Å². The normalized spacial score (nSPS) is 23.1. The van der Waals surface area contributed by atoms with Crippen molar-refractivity contribution >= 4 is 23.4 Å². The Morgan fingerprint density at radius 1 is 1.30 bits per heavy atom. The van der Waals surface area contributed by atoms with E-state index < -0.39 is 0 Å². The molecule has 2 fully saturated rings. The number of anilines is 1. The van der Waals surface area contributed by atoms with Crippen molar-refractivity contribution in [1.82, 2.24) is 4.90 Å². The van der Waals surface area contributed by atoms with Gasteiger partial charge in [0.1, 0.15) is 0 Å². The molecular weight excluding hydrogens is 308 g/mol. The first-order valence-electron chi connectivity index (χ1n) is 8.42. The molecule has 0 saturated carbocycles. The van der Waals surface area contributed by atoms with E-state index in [-0.39, 0.29) is 11.8 Å². The third-order valence-electron chi connectivity index (χ3n) is 4.90. The van der Waals surface area contributed by atoms with E-state index in [1.54, 1.807) is 11.8 Å². The lowest BCUT2D eigenvalue weighted by atomic mass is 9.99. The van der Waals surface area contributed by atoms with Crippen molar-refractivity contribution < 1.29 is 9.53 Å². The number of rotatable bonds is 4. The van der Waals surface area contributed by atoms with Crippen molar-refractivity contribution in [2.24, 2.45) is 5.92 Å². The predicted molar refractivity (Wildman–Crippen MR) is 95.2 cm³/mol. The van der Waals surface area contributed by atoms with Gasteiger partial charge in [0.2, 0.25) is 5.91 Å². The maximum absolute atomic E-state index is 13.2. The van der Waals surface area contributed by atoms with Crippen molar-refractivity contribution in [1.29, 1.82) is 0 Å². The Bertz CT molecular complexity index is 538. The van der Waals surface area contributed by atoms with Gasteiger partial charge in [-0.3, -0.25) is 4.79 Å². The van der Waals surface area contributed by atoms with Crippen LogP contribution in [0.25, 0.3) is 0 Å². The zero-order valence-electron chi connectivity index (χ0n) is 14.0. The standard InChI is InChI=1S/C18H26N2O2S/c1-19-9-6-15(7-10-19)20(18(21)14-8-11-22-13-14)16-4-3-5-17(12-16)23-2/h3-5,12,14-15H,6-11,13H2,1-2H3/t14-/m0/s1. The summed E-state index contributed by atoms with van der Waals surface area (Å²) in [5, 5.41) is 0. The quantitative estimate of drug-likeness (QED) is 0.793. The van der Waals surface area contributed by atoms with E-state index >= 15 is 0 Å². The number of thioether (sulfide) groups is 1. The first-order valence-corrected chi connectivity index (χ1v) is 9.65. The molecule has 5 heteroatoms. The van der Waals surface area contributed by atoms with Gasteiger partial charge >= 0.3 is 0 Å². The summed E-state index contributed by atoms with van der Waals surface area (Å²) >= 11 is 1.72. The number of carbonyl (C=O) groups excluding carboxylic acids is 1. The van der Waals surface area contributed by atoms with Gasteiger partial charge in [-0.1, -0.05) is 6.07 Å². The first kappa shape index (κ1) is 16.8. The monoisotopic (exact) mass is 334 g/mol. The summed E-state index contributed by atoms with van der Waals surface area (Å²) in [4.78, 5) is 18.8. The largest absolute Gasteiger partial charge is 0.381 e. The van der Waals surface area contributed by atoms with E-state index in [4.69, 9.17) is 4.74 Å². The Labute approximate surface area is 143 Å². The van der Waals surface area contributed by atoms with Crippen molar-refractivity contribution in [3.8, 4) is 0 Å². The number of amides is 1. The molecule has 1 aromatic rings. The fraction of sp³-hybridized carbons (Fsp3) is 0.611. The second-order valence-corrected chi connectivity index (χ2v) is 7.38. The van der Waals surface area contributed by atoms with Crippen LogP contribution < -0.4 is 4.90 Å². The zero-order chi connectivity index (χ0) is 16.2. The van der Waals surface area contributed by atoms with Crippen LogP contribution in [-0.2, 0) is 9.53 Å².